The van der Waals surface area contributed by atoms with Crippen molar-refractivity contribution in [3.63, 3.8) is 0 Å². The number of amides is 3. The molecule has 7 aromatic rings. The lowest BCUT2D eigenvalue weighted by Gasteiger charge is -2.08. The summed E-state index contributed by atoms with van der Waals surface area (Å²) in [7, 11) is 3.14. The molecule has 0 aliphatic rings. The number of ether oxygens (including phenoxy) is 2. The van der Waals surface area contributed by atoms with Crippen LogP contribution in [0, 0.1) is 0 Å². The second kappa shape index (κ2) is 17.9. The van der Waals surface area contributed by atoms with E-state index in [2.05, 4.69) is 36.1 Å². The summed E-state index contributed by atoms with van der Waals surface area (Å²) >= 11 is 0. The van der Waals surface area contributed by atoms with Crippen LogP contribution in [0.4, 0.5) is 5.82 Å². The summed E-state index contributed by atoms with van der Waals surface area (Å²) in [4.78, 5) is 51.3. The van der Waals surface area contributed by atoms with E-state index < -0.39 is 0 Å². The largest absolute Gasteiger partial charge is 0.493 e. The van der Waals surface area contributed by atoms with E-state index >= 15 is 0 Å². The molecule has 7 rings (SSSR count). The average molecular weight is 768 g/mol. The molecular formula is C42H41N9O6. The molecule has 0 fully saturated rings. The molecule has 0 bridgehead atoms. The number of pyridine rings is 1. The molecule has 15 heteroatoms. The lowest BCUT2D eigenvalue weighted by atomic mass is 10.1. The van der Waals surface area contributed by atoms with E-state index in [1.165, 1.54) is 0 Å². The molecule has 3 amide bonds. The Morgan fingerprint density at radius 2 is 1.39 bits per heavy atom. The van der Waals surface area contributed by atoms with E-state index in [4.69, 9.17) is 14.0 Å². The van der Waals surface area contributed by atoms with Crippen molar-refractivity contribution in [3.8, 4) is 28.6 Å². The molecule has 57 heavy (non-hydrogen) atoms. The quantitative estimate of drug-likeness (QED) is 0.0910. The van der Waals surface area contributed by atoms with Crippen molar-refractivity contribution in [1.82, 2.24) is 39.7 Å². The highest BCUT2D eigenvalue weighted by molar-refractivity contribution is 6.04. The van der Waals surface area contributed by atoms with Crippen LogP contribution in [0.2, 0.25) is 0 Å². The van der Waals surface area contributed by atoms with Crippen LogP contribution in [-0.2, 0) is 6.42 Å². The smallest absolute Gasteiger partial charge is 0.258 e. The fraction of sp³-hybridized carbons (Fsp3) is 0.214. The van der Waals surface area contributed by atoms with Crippen LogP contribution < -0.4 is 25.4 Å². The van der Waals surface area contributed by atoms with Crippen LogP contribution in [0.15, 0.2) is 115 Å². The van der Waals surface area contributed by atoms with Gasteiger partial charge in [-0.25, -0.2) is 9.97 Å². The van der Waals surface area contributed by atoms with Gasteiger partial charge in [0.2, 0.25) is 0 Å². The zero-order valence-corrected chi connectivity index (χ0v) is 31.5. The van der Waals surface area contributed by atoms with Crippen molar-refractivity contribution in [3.05, 3.63) is 138 Å². The zero-order chi connectivity index (χ0) is 39.6. The first-order valence-electron chi connectivity index (χ1n) is 18.5. The Bertz CT molecular complexity index is 2460. The van der Waals surface area contributed by atoms with Gasteiger partial charge in [0.25, 0.3) is 23.6 Å². The van der Waals surface area contributed by atoms with E-state index in [0.29, 0.717) is 70.9 Å². The van der Waals surface area contributed by atoms with Crippen LogP contribution in [0.1, 0.15) is 68.1 Å². The van der Waals surface area contributed by atoms with Crippen molar-refractivity contribution in [2.24, 2.45) is 0 Å². The van der Waals surface area contributed by atoms with E-state index in [1.807, 2.05) is 51.7 Å². The van der Waals surface area contributed by atoms with Crippen molar-refractivity contribution in [1.29, 1.82) is 0 Å². The first-order valence-corrected chi connectivity index (χ1v) is 18.5. The molecule has 0 aliphatic carbocycles. The van der Waals surface area contributed by atoms with Crippen LogP contribution >= 0.6 is 0 Å². The van der Waals surface area contributed by atoms with E-state index in [-0.39, 0.29) is 17.7 Å². The molecule has 0 unspecified atom stereocenters. The Hall–Kier alpha value is -7.29. The highest BCUT2D eigenvalue weighted by atomic mass is 16.5. The van der Waals surface area contributed by atoms with Gasteiger partial charge in [-0.15, -0.1) is 0 Å². The van der Waals surface area contributed by atoms with Gasteiger partial charge in [-0.05, 0) is 85.1 Å². The van der Waals surface area contributed by atoms with E-state index in [1.54, 1.807) is 81.5 Å². The summed E-state index contributed by atoms with van der Waals surface area (Å²) in [6.07, 6.45) is 12.8. The fourth-order valence-electron chi connectivity index (χ4n) is 6.15. The summed E-state index contributed by atoms with van der Waals surface area (Å²) in [6, 6.07) is 23.0. The van der Waals surface area contributed by atoms with Crippen molar-refractivity contribution in [2.75, 3.05) is 32.6 Å². The Morgan fingerprint density at radius 3 is 2.04 bits per heavy atom. The Labute approximate surface area is 328 Å². The third-order valence-electron chi connectivity index (χ3n) is 9.24. The molecule has 4 aromatic heterocycles. The molecule has 290 valence electrons. The summed E-state index contributed by atoms with van der Waals surface area (Å²) < 4.78 is 19.8. The number of nitrogens with one attached hydrogen (secondary N) is 3. The van der Waals surface area contributed by atoms with Gasteiger partial charge < -0.3 is 38.9 Å². The Balaban J connectivity index is 0.769. The monoisotopic (exact) mass is 767 g/mol. The first-order chi connectivity index (χ1) is 27.9. The molecule has 0 saturated heterocycles. The van der Waals surface area contributed by atoms with Crippen LogP contribution in [0.3, 0.4) is 0 Å². The predicted octanol–water partition coefficient (Wildman–Crippen LogP) is 6.15. The number of imidazole rings is 2. The van der Waals surface area contributed by atoms with Crippen molar-refractivity contribution >= 4 is 29.2 Å². The number of rotatable bonds is 17. The Morgan fingerprint density at radius 1 is 0.719 bits per heavy atom. The van der Waals surface area contributed by atoms with Crippen LogP contribution in [0.25, 0.3) is 22.8 Å². The minimum Gasteiger partial charge on any atom is -0.493 e. The second-order valence-corrected chi connectivity index (χ2v) is 13.2. The predicted molar refractivity (Wildman–Crippen MR) is 212 cm³/mol. The first kappa shape index (κ1) is 38.0. The summed E-state index contributed by atoms with van der Waals surface area (Å²) in [6.45, 7) is 1.08. The number of carbonyl (C=O) groups excluding carboxylic acids is 3. The highest BCUT2D eigenvalue weighted by Crippen LogP contribution is 2.31. The second-order valence-electron chi connectivity index (χ2n) is 13.2. The number of nitrogens with zero attached hydrogens (tertiary/aromatic N) is 6. The van der Waals surface area contributed by atoms with Crippen LogP contribution in [0.5, 0.6) is 11.5 Å². The molecule has 15 nitrogen and oxygen atoms in total. The van der Waals surface area contributed by atoms with Gasteiger partial charge in [-0.1, -0.05) is 30.1 Å². The molecule has 0 atom stereocenters. The van der Waals surface area contributed by atoms with E-state index in [9.17, 15) is 14.4 Å². The maximum absolute atomic E-state index is 12.9. The van der Waals surface area contributed by atoms with Gasteiger partial charge in [0.15, 0.2) is 23.1 Å². The SMILES string of the molecule is COc1ccc(-c2nc(Cc3ccc(C(=O)NCCCCCCNC(=O)c4ccc(C(=O)Nc5cn6cc(-n7ccnc7)ccc6n5)cc4)cc3)no2)cc1OC. The lowest BCUT2D eigenvalue weighted by molar-refractivity contribution is 0.0943. The van der Waals surface area contributed by atoms with Gasteiger partial charge in [-0.2, -0.15) is 4.98 Å². The minimum atomic E-state index is -0.325. The number of carbonyl (C=O) groups is 3. The van der Waals surface area contributed by atoms with Gasteiger partial charge in [0.05, 0.1) is 32.4 Å². The molecule has 0 spiro atoms. The lowest BCUT2D eigenvalue weighted by Crippen LogP contribution is -2.25. The van der Waals surface area contributed by atoms with E-state index in [0.717, 1.165) is 42.5 Å². The van der Waals surface area contributed by atoms with Gasteiger partial charge in [-0.3, -0.25) is 14.4 Å². The number of unbranched alkanes of at least 4 members (excludes halogenated alkanes) is 3. The van der Waals surface area contributed by atoms with Crippen molar-refractivity contribution in [2.45, 2.75) is 32.1 Å². The number of aromatic nitrogens is 6. The third-order valence-corrected chi connectivity index (χ3v) is 9.24. The molecule has 0 radical (unpaired) electrons. The van der Waals surface area contributed by atoms with Gasteiger partial charge in [0.1, 0.15) is 5.65 Å². The maximum Gasteiger partial charge on any atom is 0.258 e. The molecule has 3 aromatic carbocycles. The molecule has 0 saturated carbocycles. The molecule has 4 heterocycles. The zero-order valence-electron chi connectivity index (χ0n) is 31.5. The summed E-state index contributed by atoms with van der Waals surface area (Å²) in [5.74, 6) is 1.83. The standard InChI is InChI=1S/C42H41N9O6/c1-55-34-17-15-32(24-35(34)56-2)42-48-36(49-57-42)23-28-7-9-29(10-8-28)39(52)44-19-5-3-4-6-20-45-40(53)30-11-13-31(14-12-30)41(54)47-37-26-51-25-33(16-18-38(51)46-37)50-22-21-43-27-50/h7-18,21-22,24-27H,3-6,19-20,23H2,1-2H3,(H,44,52)(H,45,53)(H,47,54). The molecule has 3 N–H and O–H groups in total. The van der Waals surface area contributed by atoms with Gasteiger partial charge in [0, 0.05) is 60.4 Å². The maximum atomic E-state index is 12.9. The number of hydrogen-bond acceptors (Lipinski definition) is 10. The number of benzene rings is 3. The molecule has 0 aliphatic heterocycles. The summed E-state index contributed by atoms with van der Waals surface area (Å²) in [5, 5.41) is 12.8. The van der Waals surface area contributed by atoms with Gasteiger partial charge >= 0.3 is 0 Å². The van der Waals surface area contributed by atoms with Crippen molar-refractivity contribution < 1.29 is 28.4 Å². The number of anilines is 1. The average Bonchev–Trinajstić information content (AvgIpc) is 4.03. The topological polar surface area (TPSA) is 180 Å². The molecular weight excluding hydrogens is 727 g/mol. The fourth-order valence-corrected chi connectivity index (χ4v) is 6.15. The highest BCUT2D eigenvalue weighted by Gasteiger charge is 2.15. The number of fused-ring (bicyclic) bond motifs is 1. The normalized spacial score (nSPS) is 11.0. The number of methoxy groups -OCH3 is 2. The minimum absolute atomic E-state index is 0.136. The summed E-state index contributed by atoms with van der Waals surface area (Å²) in [5.41, 5.74) is 4.72. The van der Waals surface area contributed by atoms with Crippen LogP contribution in [-0.4, -0.2) is 74.1 Å². The third kappa shape index (κ3) is 9.51. The Kier molecular flexibility index (Phi) is 11.9. The number of hydrogen-bond donors (Lipinski definition) is 3.